The number of hydrogen-bond acceptors (Lipinski definition) is 4. The van der Waals surface area contributed by atoms with Gasteiger partial charge in [-0.2, -0.15) is 11.8 Å². The molecule has 0 radical (unpaired) electrons. The molecule has 0 saturated carbocycles. The van der Waals surface area contributed by atoms with Gasteiger partial charge < -0.3 is 10.5 Å². The second-order valence-corrected chi connectivity index (χ2v) is 6.18. The topological polar surface area (TPSA) is 38.5 Å². The van der Waals surface area contributed by atoms with Crippen LogP contribution in [0.5, 0.6) is 5.75 Å². The summed E-state index contributed by atoms with van der Waals surface area (Å²) in [7, 11) is 0. The molecule has 1 aromatic rings. The Balaban J connectivity index is 2.19. The van der Waals surface area contributed by atoms with Crippen LogP contribution in [0.1, 0.15) is 18.5 Å². The number of nitrogens with zero attached hydrogens (tertiary/aromatic N) is 1. The van der Waals surface area contributed by atoms with Gasteiger partial charge >= 0.3 is 6.36 Å². The van der Waals surface area contributed by atoms with E-state index in [1.165, 1.54) is 12.1 Å². The minimum Gasteiger partial charge on any atom is -0.406 e. The SMILES string of the molecule is CC1CSCCN1C(CN)c1cccc(OC(F)(F)F)c1. The zero-order valence-electron chi connectivity index (χ0n) is 11.8. The molecule has 1 aliphatic heterocycles. The van der Waals surface area contributed by atoms with Gasteiger partial charge in [0.15, 0.2) is 0 Å². The van der Waals surface area contributed by atoms with Crippen LogP contribution < -0.4 is 10.5 Å². The van der Waals surface area contributed by atoms with E-state index in [0.717, 1.165) is 23.6 Å². The lowest BCUT2D eigenvalue weighted by molar-refractivity contribution is -0.274. The predicted octanol–water partition coefficient (Wildman–Crippen LogP) is 3.02. The highest BCUT2D eigenvalue weighted by Crippen LogP contribution is 2.30. The van der Waals surface area contributed by atoms with Crippen LogP contribution in [0.4, 0.5) is 13.2 Å². The first-order valence-electron chi connectivity index (χ1n) is 6.80. The van der Waals surface area contributed by atoms with Crippen LogP contribution >= 0.6 is 11.8 Å². The van der Waals surface area contributed by atoms with Gasteiger partial charge in [0.1, 0.15) is 5.75 Å². The Morgan fingerprint density at radius 2 is 2.24 bits per heavy atom. The molecule has 2 unspecified atom stereocenters. The van der Waals surface area contributed by atoms with E-state index in [9.17, 15) is 13.2 Å². The van der Waals surface area contributed by atoms with Crippen LogP contribution in [0, 0.1) is 0 Å². The molecule has 1 aliphatic rings. The summed E-state index contributed by atoms with van der Waals surface area (Å²) in [5, 5.41) is 0. The predicted molar refractivity (Wildman–Crippen MR) is 78.4 cm³/mol. The average molecular weight is 320 g/mol. The van der Waals surface area contributed by atoms with Crippen molar-refractivity contribution in [3.63, 3.8) is 0 Å². The fourth-order valence-corrected chi connectivity index (χ4v) is 3.62. The highest BCUT2D eigenvalue weighted by atomic mass is 32.2. The van der Waals surface area contributed by atoms with E-state index in [2.05, 4.69) is 16.6 Å². The van der Waals surface area contributed by atoms with Gasteiger partial charge in [0.25, 0.3) is 0 Å². The van der Waals surface area contributed by atoms with Gasteiger partial charge in [0.2, 0.25) is 0 Å². The molecular weight excluding hydrogens is 301 g/mol. The highest BCUT2D eigenvalue weighted by Gasteiger charge is 2.32. The number of ether oxygens (including phenoxy) is 1. The van der Waals surface area contributed by atoms with Crippen LogP contribution in [0.25, 0.3) is 0 Å². The number of thioether (sulfide) groups is 1. The van der Waals surface area contributed by atoms with E-state index in [-0.39, 0.29) is 11.8 Å². The van der Waals surface area contributed by atoms with E-state index in [0.29, 0.717) is 12.6 Å². The first kappa shape index (κ1) is 16.5. The molecule has 1 fully saturated rings. The maximum Gasteiger partial charge on any atom is 0.573 e. The number of alkyl halides is 3. The lowest BCUT2D eigenvalue weighted by atomic mass is 10.0. The summed E-state index contributed by atoms with van der Waals surface area (Å²) in [6.07, 6.45) is -4.67. The third-order valence-corrected chi connectivity index (χ3v) is 4.71. The fourth-order valence-electron chi connectivity index (χ4n) is 2.58. The Morgan fingerprint density at radius 3 is 2.86 bits per heavy atom. The standard InChI is InChI=1S/C14H19F3N2OS/c1-10-9-21-6-5-19(10)13(8-18)11-3-2-4-12(7-11)20-14(15,16)17/h2-4,7,10,13H,5-6,8-9,18H2,1H3. The molecule has 3 nitrogen and oxygen atoms in total. The zero-order chi connectivity index (χ0) is 15.5. The van der Waals surface area contributed by atoms with Crippen molar-refractivity contribution in [3.8, 4) is 5.75 Å². The Morgan fingerprint density at radius 1 is 1.48 bits per heavy atom. The highest BCUT2D eigenvalue weighted by molar-refractivity contribution is 7.99. The van der Waals surface area contributed by atoms with Gasteiger partial charge in [-0.3, -0.25) is 4.90 Å². The third kappa shape index (κ3) is 4.52. The lowest BCUT2D eigenvalue weighted by Crippen LogP contribution is -2.45. The smallest absolute Gasteiger partial charge is 0.406 e. The van der Waals surface area contributed by atoms with Gasteiger partial charge in [-0.15, -0.1) is 13.2 Å². The van der Waals surface area contributed by atoms with Crippen molar-refractivity contribution >= 4 is 11.8 Å². The van der Waals surface area contributed by atoms with E-state index >= 15 is 0 Å². The van der Waals surface area contributed by atoms with Crippen molar-refractivity contribution in [2.24, 2.45) is 5.73 Å². The van der Waals surface area contributed by atoms with Crippen molar-refractivity contribution in [2.45, 2.75) is 25.4 Å². The molecule has 0 amide bonds. The molecule has 2 rings (SSSR count). The maximum absolute atomic E-state index is 12.3. The van der Waals surface area contributed by atoms with Gasteiger partial charge in [-0.1, -0.05) is 12.1 Å². The Hall–Kier alpha value is -0.920. The lowest BCUT2D eigenvalue weighted by Gasteiger charge is -2.39. The van der Waals surface area contributed by atoms with Gasteiger partial charge in [0, 0.05) is 36.7 Å². The van der Waals surface area contributed by atoms with Gasteiger partial charge in [-0.25, -0.2) is 0 Å². The maximum atomic E-state index is 12.3. The zero-order valence-corrected chi connectivity index (χ0v) is 12.6. The van der Waals surface area contributed by atoms with Crippen LogP contribution in [0.2, 0.25) is 0 Å². The van der Waals surface area contributed by atoms with Crippen molar-refractivity contribution in [1.82, 2.24) is 4.90 Å². The fraction of sp³-hybridized carbons (Fsp3) is 0.571. The number of hydrogen-bond donors (Lipinski definition) is 1. The third-order valence-electron chi connectivity index (χ3n) is 3.52. The Labute approximate surface area is 126 Å². The van der Waals surface area contributed by atoms with Crippen LogP contribution in [-0.2, 0) is 0 Å². The monoisotopic (exact) mass is 320 g/mol. The first-order valence-corrected chi connectivity index (χ1v) is 7.95. The molecule has 21 heavy (non-hydrogen) atoms. The van der Waals surface area contributed by atoms with E-state index < -0.39 is 6.36 Å². The summed E-state index contributed by atoms with van der Waals surface area (Å²) in [5.41, 5.74) is 6.63. The number of rotatable bonds is 4. The second kappa shape index (κ2) is 6.89. The van der Waals surface area contributed by atoms with E-state index in [1.54, 1.807) is 12.1 Å². The van der Waals surface area contributed by atoms with Gasteiger partial charge in [0.05, 0.1) is 0 Å². The van der Waals surface area contributed by atoms with Crippen molar-refractivity contribution in [2.75, 3.05) is 24.6 Å². The second-order valence-electron chi connectivity index (χ2n) is 5.03. The summed E-state index contributed by atoms with van der Waals surface area (Å²) in [5.74, 6) is 1.83. The Bertz CT molecular complexity index is 470. The van der Waals surface area contributed by atoms with E-state index in [4.69, 9.17) is 5.73 Å². The molecule has 0 bridgehead atoms. The largest absolute Gasteiger partial charge is 0.573 e. The molecule has 1 heterocycles. The molecule has 1 aromatic carbocycles. The summed E-state index contributed by atoms with van der Waals surface area (Å²) in [4.78, 5) is 2.25. The molecular formula is C14H19F3N2OS. The van der Waals surface area contributed by atoms with Crippen LogP contribution in [-0.4, -0.2) is 41.9 Å². The normalized spacial score (nSPS) is 22.0. The molecule has 0 spiro atoms. The molecule has 7 heteroatoms. The summed E-state index contributed by atoms with van der Waals surface area (Å²) >= 11 is 1.88. The molecule has 2 N–H and O–H groups in total. The van der Waals surface area contributed by atoms with Crippen molar-refractivity contribution in [1.29, 1.82) is 0 Å². The van der Waals surface area contributed by atoms with E-state index in [1.807, 2.05) is 11.8 Å². The minimum atomic E-state index is -4.67. The van der Waals surface area contributed by atoms with Crippen molar-refractivity contribution in [3.05, 3.63) is 29.8 Å². The number of benzene rings is 1. The van der Waals surface area contributed by atoms with Gasteiger partial charge in [-0.05, 0) is 24.6 Å². The summed E-state index contributed by atoms with van der Waals surface area (Å²) in [6.45, 7) is 3.37. The number of nitrogens with two attached hydrogens (primary N) is 1. The molecule has 0 aliphatic carbocycles. The van der Waals surface area contributed by atoms with Crippen LogP contribution in [0.3, 0.4) is 0 Å². The average Bonchev–Trinajstić information content (AvgIpc) is 2.40. The minimum absolute atomic E-state index is 0.0855. The molecule has 118 valence electrons. The molecule has 2 atom stereocenters. The van der Waals surface area contributed by atoms with Crippen molar-refractivity contribution < 1.29 is 17.9 Å². The first-order chi connectivity index (χ1) is 9.90. The summed E-state index contributed by atoms with van der Waals surface area (Å²) in [6, 6.07) is 6.37. The molecule has 1 saturated heterocycles. The van der Waals surface area contributed by atoms with Crippen LogP contribution in [0.15, 0.2) is 24.3 Å². The number of halogens is 3. The Kier molecular flexibility index (Phi) is 5.40. The molecule has 0 aromatic heterocycles. The summed E-state index contributed by atoms with van der Waals surface area (Å²) < 4.78 is 40.9. The quantitative estimate of drug-likeness (QED) is 0.925.